The third kappa shape index (κ3) is 3.03. The third-order valence-corrected chi connectivity index (χ3v) is 3.24. The zero-order chi connectivity index (χ0) is 12.3. The second-order valence-corrected chi connectivity index (χ2v) is 4.57. The number of nitrogens with two attached hydrogens (primary N) is 1. The van der Waals surface area contributed by atoms with Crippen LogP contribution in [-0.4, -0.2) is 5.91 Å². The maximum absolute atomic E-state index is 13.6. The van der Waals surface area contributed by atoms with Crippen molar-refractivity contribution in [2.75, 3.05) is 5.32 Å². The van der Waals surface area contributed by atoms with Gasteiger partial charge in [0.1, 0.15) is 5.82 Å². The molecule has 2 rings (SSSR count). The predicted molar refractivity (Wildman–Crippen MR) is 64.9 cm³/mol. The van der Waals surface area contributed by atoms with Crippen LogP contribution in [0.15, 0.2) is 18.2 Å². The van der Waals surface area contributed by atoms with Crippen molar-refractivity contribution in [2.45, 2.75) is 32.2 Å². The Kier molecular flexibility index (Phi) is 3.74. The molecule has 0 aromatic heterocycles. The topological polar surface area (TPSA) is 55.1 Å². The first kappa shape index (κ1) is 12.0. The van der Waals surface area contributed by atoms with Crippen molar-refractivity contribution in [3.8, 4) is 0 Å². The zero-order valence-corrected chi connectivity index (χ0v) is 9.71. The molecule has 1 aliphatic carbocycles. The molecule has 0 bridgehead atoms. The summed E-state index contributed by atoms with van der Waals surface area (Å²) in [7, 11) is 0. The first-order valence-electron chi connectivity index (χ1n) is 5.97. The number of halogens is 1. The van der Waals surface area contributed by atoms with Crippen LogP contribution in [0.4, 0.5) is 10.1 Å². The van der Waals surface area contributed by atoms with Crippen molar-refractivity contribution < 1.29 is 9.18 Å². The molecule has 0 atom stereocenters. The minimum absolute atomic E-state index is 0.103. The van der Waals surface area contributed by atoms with Crippen molar-refractivity contribution >= 4 is 11.6 Å². The number of amides is 1. The van der Waals surface area contributed by atoms with E-state index in [9.17, 15) is 9.18 Å². The van der Waals surface area contributed by atoms with Gasteiger partial charge in [-0.15, -0.1) is 0 Å². The van der Waals surface area contributed by atoms with Crippen LogP contribution >= 0.6 is 0 Å². The Hall–Kier alpha value is -1.42. The molecule has 1 aliphatic rings. The van der Waals surface area contributed by atoms with Crippen molar-refractivity contribution in [3.05, 3.63) is 29.6 Å². The van der Waals surface area contributed by atoms with Gasteiger partial charge in [-0.25, -0.2) is 4.39 Å². The lowest BCUT2D eigenvalue weighted by molar-refractivity contribution is -0.117. The highest BCUT2D eigenvalue weighted by atomic mass is 19.1. The molecule has 0 aliphatic heterocycles. The Morgan fingerprint density at radius 2 is 2.24 bits per heavy atom. The third-order valence-electron chi connectivity index (χ3n) is 3.24. The summed E-state index contributed by atoms with van der Waals surface area (Å²) in [4.78, 5) is 11.6. The van der Waals surface area contributed by atoms with Gasteiger partial charge in [-0.05, 0) is 36.5 Å². The van der Waals surface area contributed by atoms with E-state index in [4.69, 9.17) is 5.73 Å². The van der Waals surface area contributed by atoms with Gasteiger partial charge in [0.25, 0.3) is 0 Å². The van der Waals surface area contributed by atoms with Gasteiger partial charge in [0, 0.05) is 13.0 Å². The van der Waals surface area contributed by atoms with Crippen LogP contribution in [0.3, 0.4) is 0 Å². The van der Waals surface area contributed by atoms with Crippen LogP contribution in [-0.2, 0) is 11.3 Å². The molecular formula is C13H17FN2O. The summed E-state index contributed by atoms with van der Waals surface area (Å²) in [5, 5.41) is 2.61. The molecule has 1 amide bonds. The second kappa shape index (κ2) is 5.27. The van der Waals surface area contributed by atoms with Crippen LogP contribution in [0.25, 0.3) is 0 Å². The molecule has 4 heteroatoms. The number of hydrogen-bond acceptors (Lipinski definition) is 2. The van der Waals surface area contributed by atoms with Crippen LogP contribution in [0.1, 0.15) is 31.2 Å². The largest absolute Gasteiger partial charge is 0.326 e. The average molecular weight is 236 g/mol. The fraction of sp³-hybridized carbons (Fsp3) is 0.462. The lowest BCUT2D eigenvalue weighted by Crippen LogP contribution is -2.21. The van der Waals surface area contributed by atoms with E-state index in [0.29, 0.717) is 18.9 Å². The quantitative estimate of drug-likeness (QED) is 0.843. The highest BCUT2D eigenvalue weighted by molar-refractivity contribution is 5.91. The molecule has 3 N–H and O–H groups in total. The monoisotopic (exact) mass is 236 g/mol. The zero-order valence-electron chi connectivity index (χ0n) is 9.71. The minimum atomic E-state index is -0.421. The predicted octanol–water partition coefficient (Wildman–Crippen LogP) is 2.41. The molecule has 0 unspecified atom stereocenters. The first-order valence-corrected chi connectivity index (χ1v) is 5.97. The summed E-state index contributed by atoms with van der Waals surface area (Å²) in [6.45, 7) is 0.299. The first-order chi connectivity index (χ1) is 8.19. The van der Waals surface area contributed by atoms with Gasteiger partial charge in [0.2, 0.25) is 5.91 Å². The standard InChI is InChI=1S/C13H17FN2O/c14-11-6-10(8-15)4-5-12(11)16-13(17)7-9-2-1-3-9/h4-6,9H,1-3,7-8,15H2,(H,16,17). The smallest absolute Gasteiger partial charge is 0.224 e. The molecule has 1 fully saturated rings. The molecule has 0 saturated heterocycles. The van der Waals surface area contributed by atoms with E-state index < -0.39 is 5.82 Å². The van der Waals surface area contributed by atoms with Crippen molar-refractivity contribution in [1.82, 2.24) is 0 Å². The summed E-state index contributed by atoms with van der Waals surface area (Å²) in [6.07, 6.45) is 3.93. The summed E-state index contributed by atoms with van der Waals surface area (Å²) in [6, 6.07) is 4.65. The maximum atomic E-state index is 13.6. The Morgan fingerprint density at radius 3 is 2.76 bits per heavy atom. The van der Waals surface area contributed by atoms with E-state index in [2.05, 4.69) is 5.32 Å². The number of carbonyl (C=O) groups excluding carboxylic acids is 1. The molecule has 1 aromatic rings. The Morgan fingerprint density at radius 1 is 1.47 bits per heavy atom. The van der Waals surface area contributed by atoms with Gasteiger partial charge < -0.3 is 11.1 Å². The molecule has 92 valence electrons. The number of nitrogens with one attached hydrogen (secondary N) is 1. The molecule has 0 heterocycles. The summed E-state index contributed by atoms with van der Waals surface area (Å²) >= 11 is 0. The highest BCUT2D eigenvalue weighted by Crippen LogP contribution is 2.29. The lowest BCUT2D eigenvalue weighted by Gasteiger charge is -2.24. The van der Waals surface area contributed by atoms with Crippen LogP contribution in [0.5, 0.6) is 0 Å². The maximum Gasteiger partial charge on any atom is 0.224 e. The Bertz CT molecular complexity index is 416. The van der Waals surface area contributed by atoms with Gasteiger partial charge in [0.05, 0.1) is 5.69 Å². The number of benzene rings is 1. The van der Waals surface area contributed by atoms with E-state index in [-0.39, 0.29) is 11.6 Å². The molecular weight excluding hydrogens is 219 g/mol. The minimum Gasteiger partial charge on any atom is -0.326 e. The van der Waals surface area contributed by atoms with Gasteiger partial charge >= 0.3 is 0 Å². The summed E-state index contributed by atoms with van der Waals surface area (Å²) < 4.78 is 13.6. The molecule has 0 radical (unpaired) electrons. The molecule has 17 heavy (non-hydrogen) atoms. The molecule has 1 aromatic carbocycles. The summed E-state index contributed by atoms with van der Waals surface area (Å²) in [5.41, 5.74) is 6.37. The average Bonchev–Trinajstić information content (AvgIpc) is 2.26. The fourth-order valence-corrected chi connectivity index (χ4v) is 1.95. The van der Waals surface area contributed by atoms with E-state index in [1.54, 1.807) is 12.1 Å². The Labute approximate surface area is 100 Å². The van der Waals surface area contributed by atoms with E-state index in [1.165, 1.54) is 12.5 Å². The van der Waals surface area contributed by atoms with Gasteiger partial charge in [-0.3, -0.25) is 4.79 Å². The van der Waals surface area contributed by atoms with Crippen molar-refractivity contribution in [3.63, 3.8) is 0 Å². The van der Waals surface area contributed by atoms with Crippen LogP contribution < -0.4 is 11.1 Å². The normalized spacial score (nSPS) is 15.4. The number of carbonyl (C=O) groups is 1. The number of hydrogen-bond donors (Lipinski definition) is 2. The number of rotatable bonds is 4. The summed E-state index contributed by atoms with van der Waals surface area (Å²) in [5.74, 6) is -0.0367. The van der Waals surface area contributed by atoms with E-state index in [0.717, 1.165) is 18.4 Å². The van der Waals surface area contributed by atoms with Crippen molar-refractivity contribution in [1.29, 1.82) is 0 Å². The van der Waals surface area contributed by atoms with E-state index >= 15 is 0 Å². The molecule has 3 nitrogen and oxygen atoms in total. The van der Waals surface area contributed by atoms with Gasteiger partial charge in [0.15, 0.2) is 0 Å². The SMILES string of the molecule is NCc1ccc(NC(=O)CC2CCC2)c(F)c1. The highest BCUT2D eigenvalue weighted by Gasteiger charge is 2.21. The molecule has 0 spiro atoms. The number of anilines is 1. The molecule has 1 saturated carbocycles. The van der Waals surface area contributed by atoms with E-state index in [1.807, 2.05) is 0 Å². The van der Waals surface area contributed by atoms with Gasteiger partial charge in [-0.1, -0.05) is 12.5 Å². The van der Waals surface area contributed by atoms with Crippen LogP contribution in [0.2, 0.25) is 0 Å². The Balaban J connectivity index is 1.95. The van der Waals surface area contributed by atoms with Gasteiger partial charge in [-0.2, -0.15) is 0 Å². The van der Waals surface area contributed by atoms with Crippen molar-refractivity contribution in [2.24, 2.45) is 11.7 Å². The van der Waals surface area contributed by atoms with Crippen LogP contribution in [0, 0.1) is 11.7 Å². The fourth-order valence-electron chi connectivity index (χ4n) is 1.95. The lowest BCUT2D eigenvalue weighted by atomic mass is 9.83. The second-order valence-electron chi connectivity index (χ2n) is 4.57.